The van der Waals surface area contributed by atoms with Crippen LogP contribution < -0.4 is 4.74 Å². The molecule has 0 saturated heterocycles. The number of rotatable bonds is 7. The summed E-state index contributed by atoms with van der Waals surface area (Å²) in [6.07, 6.45) is -0.0663. The van der Waals surface area contributed by atoms with E-state index in [0.717, 1.165) is 11.1 Å². The predicted octanol–water partition coefficient (Wildman–Crippen LogP) is 2.39. The van der Waals surface area contributed by atoms with E-state index in [4.69, 9.17) is 9.84 Å². The van der Waals surface area contributed by atoms with E-state index in [0.29, 0.717) is 12.3 Å². The molecule has 1 N–H and O–H groups in total. The number of carboxylic acids is 1. The highest BCUT2D eigenvalue weighted by Crippen LogP contribution is 2.18. The molecule has 0 heterocycles. The van der Waals surface area contributed by atoms with Gasteiger partial charge in [-0.1, -0.05) is 17.7 Å². The van der Waals surface area contributed by atoms with E-state index in [1.807, 2.05) is 39.0 Å². The van der Waals surface area contributed by atoms with E-state index in [-0.39, 0.29) is 25.0 Å². The van der Waals surface area contributed by atoms with Gasteiger partial charge in [0.15, 0.2) is 6.61 Å². The van der Waals surface area contributed by atoms with Gasteiger partial charge in [-0.2, -0.15) is 0 Å². The molecule has 0 aliphatic heterocycles. The highest BCUT2D eigenvalue weighted by molar-refractivity contribution is 5.79. The summed E-state index contributed by atoms with van der Waals surface area (Å²) in [7, 11) is 0. The topological polar surface area (TPSA) is 66.8 Å². The Morgan fingerprint density at radius 1 is 1.33 bits per heavy atom. The van der Waals surface area contributed by atoms with Crippen molar-refractivity contribution in [2.24, 2.45) is 0 Å². The van der Waals surface area contributed by atoms with Gasteiger partial charge in [0.05, 0.1) is 6.42 Å². The maximum atomic E-state index is 12.2. The zero-order valence-electron chi connectivity index (χ0n) is 13.0. The first-order valence-electron chi connectivity index (χ1n) is 7.06. The number of carboxylic acid groups (broad SMARTS) is 1. The first-order valence-corrected chi connectivity index (χ1v) is 7.06. The maximum Gasteiger partial charge on any atom is 0.305 e. The number of carbonyl (C=O) groups excluding carboxylic acids is 1. The Balaban J connectivity index is 2.64. The molecule has 0 aliphatic rings. The second kappa shape index (κ2) is 7.67. The molecule has 1 aromatic carbocycles. The Labute approximate surface area is 125 Å². The average molecular weight is 293 g/mol. The third-order valence-electron chi connectivity index (χ3n) is 3.34. The Morgan fingerprint density at radius 2 is 2.00 bits per heavy atom. The largest absolute Gasteiger partial charge is 0.484 e. The summed E-state index contributed by atoms with van der Waals surface area (Å²) < 4.78 is 5.55. The van der Waals surface area contributed by atoms with Crippen LogP contribution in [0.5, 0.6) is 5.75 Å². The number of carbonyl (C=O) groups is 2. The van der Waals surface area contributed by atoms with Crippen molar-refractivity contribution in [3.63, 3.8) is 0 Å². The van der Waals surface area contributed by atoms with Crippen LogP contribution in [0.3, 0.4) is 0 Å². The molecule has 1 aromatic rings. The normalized spacial score (nSPS) is 11.8. The molecule has 0 bridgehead atoms. The van der Waals surface area contributed by atoms with Crippen molar-refractivity contribution in [1.82, 2.24) is 4.90 Å². The van der Waals surface area contributed by atoms with Crippen molar-refractivity contribution in [2.45, 2.75) is 40.2 Å². The molecule has 0 aromatic heterocycles. The number of aliphatic carboxylic acids is 1. The number of ether oxygens (including phenoxy) is 1. The van der Waals surface area contributed by atoms with Gasteiger partial charge in [0.1, 0.15) is 5.75 Å². The van der Waals surface area contributed by atoms with Crippen LogP contribution in [0.1, 0.15) is 31.4 Å². The van der Waals surface area contributed by atoms with Crippen LogP contribution in [0.2, 0.25) is 0 Å². The molecule has 0 aliphatic carbocycles. The molecule has 0 radical (unpaired) electrons. The quantitative estimate of drug-likeness (QED) is 0.838. The lowest BCUT2D eigenvalue weighted by molar-refractivity contribution is -0.141. The molecule has 5 nitrogen and oxygen atoms in total. The van der Waals surface area contributed by atoms with Crippen molar-refractivity contribution in [3.05, 3.63) is 29.3 Å². The minimum absolute atomic E-state index is 0.0663. The van der Waals surface area contributed by atoms with Gasteiger partial charge in [-0.05, 0) is 39.3 Å². The van der Waals surface area contributed by atoms with Gasteiger partial charge in [0.2, 0.25) is 0 Å². The van der Waals surface area contributed by atoms with E-state index >= 15 is 0 Å². The smallest absolute Gasteiger partial charge is 0.305 e. The van der Waals surface area contributed by atoms with E-state index in [1.165, 1.54) is 4.90 Å². The van der Waals surface area contributed by atoms with Crippen LogP contribution in [-0.2, 0) is 9.59 Å². The summed E-state index contributed by atoms with van der Waals surface area (Å²) in [6, 6.07) is 5.42. The fourth-order valence-corrected chi connectivity index (χ4v) is 2.28. The van der Waals surface area contributed by atoms with Crippen molar-refractivity contribution < 1.29 is 19.4 Å². The molecule has 0 spiro atoms. The lowest BCUT2D eigenvalue weighted by atomic mass is 10.1. The molecule has 1 atom stereocenters. The number of hydrogen-bond donors (Lipinski definition) is 1. The van der Waals surface area contributed by atoms with Gasteiger partial charge in [-0.3, -0.25) is 9.59 Å². The van der Waals surface area contributed by atoms with Gasteiger partial charge in [-0.25, -0.2) is 0 Å². The van der Waals surface area contributed by atoms with Crippen molar-refractivity contribution in [1.29, 1.82) is 0 Å². The van der Waals surface area contributed by atoms with E-state index in [9.17, 15) is 9.59 Å². The van der Waals surface area contributed by atoms with Crippen LogP contribution in [0.25, 0.3) is 0 Å². The molecule has 1 rings (SSSR count). The van der Waals surface area contributed by atoms with Gasteiger partial charge < -0.3 is 14.7 Å². The SMILES string of the molecule is CCN(C(=O)COc1ccc(C)cc1C)C(C)CC(=O)O. The summed E-state index contributed by atoms with van der Waals surface area (Å²) in [6.45, 7) is 7.86. The maximum absolute atomic E-state index is 12.2. The lowest BCUT2D eigenvalue weighted by Crippen LogP contribution is -2.42. The summed E-state index contributed by atoms with van der Waals surface area (Å²) in [5.41, 5.74) is 2.11. The highest BCUT2D eigenvalue weighted by atomic mass is 16.5. The van der Waals surface area contributed by atoms with E-state index < -0.39 is 5.97 Å². The van der Waals surface area contributed by atoms with Crippen LogP contribution in [0.4, 0.5) is 0 Å². The van der Waals surface area contributed by atoms with Crippen molar-refractivity contribution >= 4 is 11.9 Å². The third kappa shape index (κ3) is 5.10. The fourth-order valence-electron chi connectivity index (χ4n) is 2.28. The number of aryl methyl sites for hydroxylation is 2. The van der Waals surface area contributed by atoms with E-state index in [2.05, 4.69) is 0 Å². The molecule has 1 amide bonds. The summed E-state index contributed by atoms with van der Waals surface area (Å²) in [4.78, 5) is 24.4. The number of benzene rings is 1. The van der Waals surface area contributed by atoms with Gasteiger partial charge in [0.25, 0.3) is 5.91 Å². The van der Waals surface area contributed by atoms with Crippen molar-refractivity contribution in [2.75, 3.05) is 13.2 Å². The second-order valence-corrected chi connectivity index (χ2v) is 5.18. The molecule has 5 heteroatoms. The molecule has 0 saturated carbocycles. The Bertz CT molecular complexity index is 513. The van der Waals surface area contributed by atoms with Gasteiger partial charge in [0, 0.05) is 12.6 Å². The lowest BCUT2D eigenvalue weighted by Gasteiger charge is -2.27. The number of nitrogens with zero attached hydrogens (tertiary/aromatic N) is 1. The third-order valence-corrected chi connectivity index (χ3v) is 3.34. The molecular formula is C16H23NO4. The van der Waals surface area contributed by atoms with Crippen LogP contribution in [0, 0.1) is 13.8 Å². The Morgan fingerprint density at radius 3 is 2.52 bits per heavy atom. The minimum Gasteiger partial charge on any atom is -0.484 e. The molecule has 1 unspecified atom stereocenters. The van der Waals surface area contributed by atoms with E-state index in [1.54, 1.807) is 6.92 Å². The minimum atomic E-state index is -0.913. The zero-order valence-corrected chi connectivity index (χ0v) is 13.0. The fraction of sp³-hybridized carbons (Fsp3) is 0.500. The second-order valence-electron chi connectivity index (χ2n) is 5.18. The van der Waals surface area contributed by atoms with Crippen LogP contribution >= 0.6 is 0 Å². The summed E-state index contributed by atoms with van der Waals surface area (Å²) in [5, 5.41) is 8.81. The summed E-state index contributed by atoms with van der Waals surface area (Å²) in [5.74, 6) is -0.439. The zero-order chi connectivity index (χ0) is 16.0. The number of hydrogen-bond acceptors (Lipinski definition) is 3. The van der Waals surface area contributed by atoms with Gasteiger partial charge >= 0.3 is 5.97 Å². The number of likely N-dealkylation sites (N-methyl/N-ethyl adjacent to an activating group) is 1. The van der Waals surface area contributed by atoms with Crippen LogP contribution in [-0.4, -0.2) is 41.1 Å². The molecule has 0 fully saturated rings. The molecule has 21 heavy (non-hydrogen) atoms. The first kappa shape index (κ1) is 17.0. The number of amides is 1. The van der Waals surface area contributed by atoms with Gasteiger partial charge in [-0.15, -0.1) is 0 Å². The standard InChI is InChI=1S/C16H23NO4/c1-5-17(13(4)9-16(19)20)15(18)10-21-14-7-6-11(2)8-12(14)3/h6-8,13H,5,9-10H2,1-4H3,(H,19,20). The predicted molar refractivity (Wildman–Crippen MR) is 80.5 cm³/mol. The highest BCUT2D eigenvalue weighted by Gasteiger charge is 2.21. The summed E-state index contributed by atoms with van der Waals surface area (Å²) >= 11 is 0. The molecular weight excluding hydrogens is 270 g/mol. The van der Waals surface area contributed by atoms with Crippen molar-refractivity contribution in [3.8, 4) is 5.75 Å². The average Bonchev–Trinajstić information content (AvgIpc) is 2.37. The van der Waals surface area contributed by atoms with Crippen LogP contribution in [0.15, 0.2) is 18.2 Å². The molecule has 116 valence electrons. The first-order chi connectivity index (χ1) is 9.85. The Kier molecular flexibility index (Phi) is 6.21. The monoisotopic (exact) mass is 293 g/mol. The Hall–Kier alpha value is -2.04.